The van der Waals surface area contributed by atoms with Gasteiger partial charge in [0.05, 0.1) is 16.9 Å². The highest BCUT2D eigenvalue weighted by atomic mass is 35.5. The summed E-state index contributed by atoms with van der Waals surface area (Å²) in [6.07, 6.45) is 5.89. The van der Waals surface area contributed by atoms with Gasteiger partial charge in [-0.05, 0) is 23.8 Å². The number of hydrogen-bond donors (Lipinski definition) is 0. The molecule has 0 bridgehead atoms. The number of aliphatic imine (C=N–C) groups is 1. The van der Waals surface area contributed by atoms with Crippen molar-refractivity contribution in [3.63, 3.8) is 0 Å². The van der Waals surface area contributed by atoms with E-state index in [1.54, 1.807) is 29.0 Å². The summed E-state index contributed by atoms with van der Waals surface area (Å²) in [7, 11) is 1.71. The average molecular weight is 341 g/mol. The number of carbonyl (C=O) groups is 1. The number of aromatic nitrogens is 3. The summed E-state index contributed by atoms with van der Waals surface area (Å²) in [5.74, 6) is 1.58. The fraction of sp³-hybridized carbons (Fsp3) is 0.250. The molecule has 0 spiro atoms. The van der Waals surface area contributed by atoms with Gasteiger partial charge in [-0.3, -0.25) is 9.69 Å². The van der Waals surface area contributed by atoms with Crippen LogP contribution in [-0.4, -0.2) is 39.2 Å². The maximum absolute atomic E-state index is 12.8. The van der Waals surface area contributed by atoms with Gasteiger partial charge in [0.2, 0.25) is 11.5 Å². The van der Waals surface area contributed by atoms with Gasteiger partial charge in [0.15, 0.2) is 0 Å². The van der Waals surface area contributed by atoms with Crippen molar-refractivity contribution in [1.29, 1.82) is 0 Å². The minimum absolute atomic E-state index is 0.160. The van der Waals surface area contributed by atoms with Gasteiger partial charge in [0.1, 0.15) is 5.56 Å². The molecule has 1 fully saturated rings. The van der Waals surface area contributed by atoms with Crippen molar-refractivity contribution in [2.45, 2.75) is 18.8 Å². The van der Waals surface area contributed by atoms with E-state index < -0.39 is 0 Å². The highest BCUT2D eigenvalue weighted by Crippen LogP contribution is 2.41. The molecule has 24 heavy (non-hydrogen) atoms. The van der Waals surface area contributed by atoms with E-state index in [9.17, 15) is 4.79 Å². The van der Waals surface area contributed by atoms with Crippen molar-refractivity contribution in [3.05, 3.63) is 46.5 Å². The second kappa shape index (κ2) is 4.75. The van der Waals surface area contributed by atoms with E-state index >= 15 is 0 Å². The van der Waals surface area contributed by atoms with Gasteiger partial charge in [-0.25, -0.2) is 0 Å². The zero-order chi connectivity index (χ0) is 16.4. The van der Waals surface area contributed by atoms with E-state index in [2.05, 4.69) is 15.3 Å². The Morgan fingerprint density at radius 3 is 2.96 bits per heavy atom. The number of amides is 1. The first kappa shape index (κ1) is 13.9. The van der Waals surface area contributed by atoms with Gasteiger partial charge in [-0.1, -0.05) is 22.9 Å². The standard InChI is InChI=1S/C16H13ClN6O/c1-21-15-14(23-7-11(19-20-23)9-5-6-9)18-8-22(15)12-4-2-3-10(17)13(12)16(21)24/h2-4,7-9H,5-6H2,1H3/q+1. The minimum Gasteiger partial charge on any atom is -0.268 e. The van der Waals surface area contributed by atoms with Crippen molar-refractivity contribution >= 4 is 35.4 Å². The Balaban J connectivity index is 1.67. The molecule has 3 heterocycles. The summed E-state index contributed by atoms with van der Waals surface area (Å²) in [5, 5.41) is 8.84. The average Bonchev–Trinajstić information content (AvgIpc) is 3.14. The Morgan fingerprint density at radius 2 is 2.17 bits per heavy atom. The fourth-order valence-corrected chi connectivity index (χ4v) is 3.37. The molecule has 0 unspecified atom stereocenters. The number of benzene rings is 1. The Kier molecular flexibility index (Phi) is 2.75. The van der Waals surface area contributed by atoms with Gasteiger partial charge in [0.25, 0.3) is 12.2 Å². The molecule has 1 saturated carbocycles. The normalized spacial score (nSPS) is 19.9. The Bertz CT molecular complexity index is 942. The Morgan fingerprint density at radius 1 is 1.33 bits per heavy atom. The molecule has 3 aliphatic rings. The molecule has 2 aromatic rings. The molecule has 8 heteroatoms. The maximum atomic E-state index is 12.8. The second-order valence-electron chi connectivity index (χ2n) is 6.12. The number of anilines is 1. The first-order chi connectivity index (χ1) is 11.6. The lowest BCUT2D eigenvalue weighted by Gasteiger charge is -2.24. The van der Waals surface area contributed by atoms with Crippen molar-refractivity contribution in [2.75, 3.05) is 7.05 Å². The quantitative estimate of drug-likeness (QED) is 0.789. The van der Waals surface area contributed by atoms with E-state index in [1.165, 1.54) is 0 Å². The van der Waals surface area contributed by atoms with E-state index in [0.29, 0.717) is 28.1 Å². The first-order valence-electron chi connectivity index (χ1n) is 7.72. The van der Waals surface area contributed by atoms with Crippen molar-refractivity contribution < 1.29 is 4.79 Å². The molecule has 1 radical (unpaired) electrons. The van der Waals surface area contributed by atoms with Crippen LogP contribution in [0.25, 0.3) is 5.82 Å². The van der Waals surface area contributed by atoms with Crippen LogP contribution >= 0.6 is 11.6 Å². The van der Waals surface area contributed by atoms with E-state index in [0.717, 1.165) is 24.2 Å². The van der Waals surface area contributed by atoms with Crippen molar-refractivity contribution in [2.24, 2.45) is 4.99 Å². The van der Waals surface area contributed by atoms with Gasteiger partial charge in [-0.2, -0.15) is 9.67 Å². The van der Waals surface area contributed by atoms with Crippen LogP contribution in [0.5, 0.6) is 0 Å². The lowest BCUT2D eigenvalue weighted by atomic mass is 10.1. The van der Waals surface area contributed by atoms with E-state index in [-0.39, 0.29) is 5.91 Å². The number of halogens is 1. The van der Waals surface area contributed by atoms with Crippen LogP contribution in [0.1, 0.15) is 34.8 Å². The Labute approximate surface area is 142 Å². The third-order valence-electron chi connectivity index (χ3n) is 4.53. The predicted octanol–water partition coefficient (Wildman–Crippen LogP) is 2.49. The summed E-state index contributed by atoms with van der Waals surface area (Å²) in [6.45, 7) is 0. The summed E-state index contributed by atoms with van der Waals surface area (Å²) in [6, 6.07) is 5.40. The topological polar surface area (TPSA) is 69.3 Å². The number of rotatable bonds is 2. The van der Waals surface area contributed by atoms with Gasteiger partial charge >= 0.3 is 5.82 Å². The van der Waals surface area contributed by atoms with Crippen LogP contribution in [0.15, 0.2) is 35.2 Å². The minimum atomic E-state index is -0.160. The number of carbonyl (C=O) groups excluding carboxylic acids is 1. The SMILES string of the molecule is CN1C(=O)c2c(Cl)cccc2[N+]2C=NC(n3cc(C4CC4)nn3)=C12. The molecule has 1 aromatic heterocycles. The molecule has 1 aliphatic carbocycles. The number of hydrogen-bond acceptors (Lipinski definition) is 5. The zero-order valence-corrected chi connectivity index (χ0v) is 13.6. The predicted molar refractivity (Wildman–Crippen MR) is 89.0 cm³/mol. The largest absolute Gasteiger partial charge is 0.318 e. The molecule has 2 aliphatic heterocycles. The molecule has 0 saturated heterocycles. The molecule has 1 amide bonds. The van der Waals surface area contributed by atoms with Crippen LogP contribution in [0.4, 0.5) is 5.69 Å². The third kappa shape index (κ3) is 1.82. The summed E-state index contributed by atoms with van der Waals surface area (Å²) in [5.41, 5.74) is 2.18. The lowest BCUT2D eigenvalue weighted by molar-refractivity contribution is 0.0815. The van der Waals surface area contributed by atoms with Crippen molar-refractivity contribution in [1.82, 2.24) is 24.8 Å². The van der Waals surface area contributed by atoms with Crippen LogP contribution in [-0.2, 0) is 0 Å². The van der Waals surface area contributed by atoms with E-state index in [1.807, 2.05) is 23.2 Å². The fourth-order valence-electron chi connectivity index (χ4n) is 3.12. The summed E-state index contributed by atoms with van der Waals surface area (Å²) < 4.78 is 1.64. The zero-order valence-electron chi connectivity index (χ0n) is 12.8. The van der Waals surface area contributed by atoms with Gasteiger partial charge in [-0.15, -0.1) is 5.10 Å². The van der Waals surface area contributed by atoms with Gasteiger partial charge < -0.3 is 0 Å². The monoisotopic (exact) mass is 340 g/mol. The second-order valence-corrected chi connectivity index (χ2v) is 6.53. The van der Waals surface area contributed by atoms with Gasteiger partial charge in [0, 0.05) is 19.0 Å². The molecule has 5 rings (SSSR count). The van der Waals surface area contributed by atoms with Crippen molar-refractivity contribution in [3.8, 4) is 0 Å². The molecular formula is C16H13ClN6O+. The summed E-state index contributed by atoms with van der Waals surface area (Å²) in [4.78, 5) is 20.6. The first-order valence-corrected chi connectivity index (χ1v) is 8.10. The maximum Gasteiger partial charge on any atom is 0.318 e. The Hall–Kier alpha value is -2.51. The molecule has 7 nitrogen and oxygen atoms in total. The molecular weight excluding hydrogens is 328 g/mol. The molecule has 119 valence electrons. The lowest BCUT2D eigenvalue weighted by Crippen LogP contribution is -2.41. The molecule has 1 aromatic carbocycles. The molecule has 0 N–H and O–H groups in total. The smallest absolute Gasteiger partial charge is 0.268 e. The summed E-state index contributed by atoms with van der Waals surface area (Å²) >= 11 is 6.23. The van der Waals surface area contributed by atoms with Crippen LogP contribution in [0.3, 0.4) is 0 Å². The highest BCUT2D eigenvalue weighted by molar-refractivity contribution is 6.35. The number of nitrogens with zero attached hydrogens (tertiary/aromatic N) is 6. The highest BCUT2D eigenvalue weighted by Gasteiger charge is 2.47. The third-order valence-corrected chi connectivity index (χ3v) is 4.85. The van der Waals surface area contributed by atoms with Crippen LogP contribution < -0.4 is 4.90 Å². The van der Waals surface area contributed by atoms with E-state index in [4.69, 9.17) is 11.6 Å². The number of fused-ring (bicyclic) bond motifs is 3. The van der Waals surface area contributed by atoms with Crippen LogP contribution in [0.2, 0.25) is 5.02 Å². The van der Waals surface area contributed by atoms with Crippen LogP contribution in [0, 0.1) is 0 Å². The molecule has 0 atom stereocenters.